The summed E-state index contributed by atoms with van der Waals surface area (Å²) < 4.78 is 5.24. The zero-order valence-electron chi connectivity index (χ0n) is 12.4. The Morgan fingerprint density at radius 1 is 1.43 bits per heavy atom. The number of anilines is 1. The van der Waals surface area contributed by atoms with E-state index < -0.39 is 0 Å². The highest BCUT2D eigenvalue weighted by molar-refractivity contribution is 7.13. The Kier molecular flexibility index (Phi) is 3.70. The van der Waals surface area contributed by atoms with Gasteiger partial charge in [-0.05, 0) is 18.6 Å². The number of carbonyl (C=O) groups is 1. The molecular weight excluding hydrogens is 312 g/mol. The van der Waals surface area contributed by atoms with Gasteiger partial charge in [0.15, 0.2) is 10.7 Å². The SMILES string of the molecule is O=C(Cc1noc2ccccc12)NC1CCN(c2nccs2)C1. The highest BCUT2D eigenvalue weighted by Crippen LogP contribution is 2.22. The molecule has 1 aromatic carbocycles. The number of nitrogens with one attached hydrogen (secondary N) is 1. The van der Waals surface area contributed by atoms with Crippen LogP contribution >= 0.6 is 11.3 Å². The van der Waals surface area contributed by atoms with E-state index >= 15 is 0 Å². The number of nitrogens with zero attached hydrogens (tertiary/aromatic N) is 3. The number of benzene rings is 1. The van der Waals surface area contributed by atoms with Crippen LogP contribution in [0.5, 0.6) is 0 Å². The molecule has 1 aliphatic rings. The minimum absolute atomic E-state index is 0.0185. The van der Waals surface area contributed by atoms with Crippen molar-refractivity contribution in [1.82, 2.24) is 15.5 Å². The maximum Gasteiger partial charge on any atom is 0.226 e. The predicted octanol–water partition coefficient (Wildman–Crippen LogP) is 2.22. The number of amides is 1. The molecule has 2 aromatic heterocycles. The molecule has 0 radical (unpaired) electrons. The molecule has 1 unspecified atom stereocenters. The van der Waals surface area contributed by atoms with Crippen molar-refractivity contribution >= 4 is 33.3 Å². The maximum absolute atomic E-state index is 12.3. The van der Waals surface area contributed by atoms with Crippen LogP contribution in [0.3, 0.4) is 0 Å². The summed E-state index contributed by atoms with van der Waals surface area (Å²) in [4.78, 5) is 18.8. The van der Waals surface area contributed by atoms with E-state index in [1.54, 1.807) is 11.3 Å². The van der Waals surface area contributed by atoms with Gasteiger partial charge in [-0.1, -0.05) is 17.3 Å². The highest BCUT2D eigenvalue weighted by Gasteiger charge is 2.25. The lowest BCUT2D eigenvalue weighted by Crippen LogP contribution is -2.38. The van der Waals surface area contributed by atoms with E-state index in [4.69, 9.17) is 4.52 Å². The van der Waals surface area contributed by atoms with Gasteiger partial charge in [-0.15, -0.1) is 11.3 Å². The van der Waals surface area contributed by atoms with Crippen molar-refractivity contribution in [3.63, 3.8) is 0 Å². The van der Waals surface area contributed by atoms with Crippen LogP contribution < -0.4 is 10.2 Å². The molecule has 0 aliphatic carbocycles. The van der Waals surface area contributed by atoms with E-state index in [1.807, 2.05) is 35.8 Å². The number of aromatic nitrogens is 2. The monoisotopic (exact) mass is 328 g/mol. The van der Waals surface area contributed by atoms with Gasteiger partial charge in [-0.2, -0.15) is 0 Å². The normalized spacial score (nSPS) is 17.7. The van der Waals surface area contributed by atoms with Crippen molar-refractivity contribution in [2.75, 3.05) is 18.0 Å². The van der Waals surface area contributed by atoms with Gasteiger partial charge in [0.2, 0.25) is 5.91 Å². The summed E-state index contributed by atoms with van der Waals surface area (Å²) in [5.41, 5.74) is 1.40. The first kappa shape index (κ1) is 14.2. The van der Waals surface area contributed by atoms with E-state index in [-0.39, 0.29) is 18.4 Å². The summed E-state index contributed by atoms with van der Waals surface area (Å²) in [7, 11) is 0. The van der Waals surface area contributed by atoms with Crippen molar-refractivity contribution in [2.24, 2.45) is 0 Å². The van der Waals surface area contributed by atoms with Crippen molar-refractivity contribution in [3.05, 3.63) is 41.5 Å². The summed E-state index contributed by atoms with van der Waals surface area (Å²) in [5.74, 6) is -0.0185. The zero-order chi connectivity index (χ0) is 15.6. The first-order valence-corrected chi connectivity index (χ1v) is 8.44. The van der Waals surface area contributed by atoms with Gasteiger partial charge in [0.1, 0.15) is 5.69 Å². The lowest BCUT2D eigenvalue weighted by molar-refractivity contribution is -0.121. The molecule has 0 bridgehead atoms. The number of hydrogen-bond donors (Lipinski definition) is 1. The lowest BCUT2D eigenvalue weighted by atomic mass is 10.1. The molecule has 3 heterocycles. The van der Waals surface area contributed by atoms with Gasteiger partial charge in [0.25, 0.3) is 0 Å². The third-order valence-electron chi connectivity index (χ3n) is 4.02. The van der Waals surface area contributed by atoms with Gasteiger partial charge >= 0.3 is 0 Å². The number of carbonyl (C=O) groups excluding carboxylic acids is 1. The molecule has 0 saturated carbocycles. The lowest BCUT2D eigenvalue weighted by Gasteiger charge is -2.15. The Morgan fingerprint density at radius 3 is 3.22 bits per heavy atom. The van der Waals surface area contributed by atoms with Gasteiger partial charge in [-0.3, -0.25) is 4.79 Å². The first-order valence-electron chi connectivity index (χ1n) is 7.57. The molecule has 23 heavy (non-hydrogen) atoms. The summed E-state index contributed by atoms with van der Waals surface area (Å²) in [5, 5.41) is 11.0. The molecule has 0 spiro atoms. The number of hydrogen-bond acceptors (Lipinski definition) is 6. The summed E-state index contributed by atoms with van der Waals surface area (Å²) in [6.07, 6.45) is 2.98. The molecule has 1 saturated heterocycles. The molecule has 118 valence electrons. The Balaban J connectivity index is 1.37. The predicted molar refractivity (Wildman–Crippen MR) is 88.6 cm³/mol. The van der Waals surface area contributed by atoms with E-state index in [9.17, 15) is 4.79 Å². The number of thiazole rings is 1. The molecule has 1 aliphatic heterocycles. The minimum atomic E-state index is -0.0185. The van der Waals surface area contributed by atoms with Crippen molar-refractivity contribution in [2.45, 2.75) is 18.9 Å². The Morgan fingerprint density at radius 2 is 2.35 bits per heavy atom. The quantitative estimate of drug-likeness (QED) is 0.795. The third kappa shape index (κ3) is 2.92. The van der Waals surface area contributed by atoms with Gasteiger partial charge in [0.05, 0.1) is 6.42 Å². The molecule has 7 heteroatoms. The Bertz CT molecular complexity index is 814. The van der Waals surface area contributed by atoms with Crippen LogP contribution in [0.2, 0.25) is 0 Å². The number of fused-ring (bicyclic) bond motifs is 1. The van der Waals surface area contributed by atoms with Crippen molar-refractivity contribution in [3.8, 4) is 0 Å². The second kappa shape index (κ2) is 6.00. The molecule has 6 nitrogen and oxygen atoms in total. The fraction of sp³-hybridized carbons (Fsp3) is 0.312. The van der Waals surface area contributed by atoms with Gasteiger partial charge in [-0.25, -0.2) is 4.98 Å². The summed E-state index contributed by atoms with van der Waals surface area (Å²) in [6, 6.07) is 7.75. The average Bonchev–Trinajstić information content (AvgIpc) is 3.27. The molecular formula is C16H16N4O2S. The van der Waals surface area contributed by atoms with E-state index in [0.29, 0.717) is 11.3 Å². The fourth-order valence-corrected chi connectivity index (χ4v) is 3.60. The molecule has 4 rings (SSSR count). The minimum Gasteiger partial charge on any atom is -0.356 e. The third-order valence-corrected chi connectivity index (χ3v) is 4.86. The van der Waals surface area contributed by atoms with E-state index in [0.717, 1.165) is 30.0 Å². The number of para-hydroxylation sites is 1. The Hall–Kier alpha value is -2.41. The summed E-state index contributed by atoms with van der Waals surface area (Å²) in [6.45, 7) is 1.73. The standard InChI is InChI=1S/C16H16N4O2S/c21-15(9-13-12-3-1-2-4-14(12)22-19-13)18-11-5-7-20(10-11)16-17-6-8-23-16/h1-4,6,8,11H,5,7,9-10H2,(H,18,21). The van der Waals surface area contributed by atoms with Gasteiger partial charge in [0, 0.05) is 36.1 Å². The highest BCUT2D eigenvalue weighted by atomic mass is 32.1. The molecule has 1 amide bonds. The summed E-state index contributed by atoms with van der Waals surface area (Å²) >= 11 is 1.63. The molecule has 3 aromatic rings. The van der Waals surface area contributed by atoms with E-state index in [2.05, 4.69) is 20.4 Å². The van der Waals surface area contributed by atoms with Crippen molar-refractivity contribution < 1.29 is 9.32 Å². The fourth-order valence-electron chi connectivity index (χ4n) is 2.92. The maximum atomic E-state index is 12.3. The smallest absolute Gasteiger partial charge is 0.226 e. The van der Waals surface area contributed by atoms with Crippen LogP contribution in [-0.2, 0) is 11.2 Å². The van der Waals surface area contributed by atoms with Crippen LogP contribution in [0.25, 0.3) is 11.0 Å². The molecule has 1 N–H and O–H groups in total. The second-order valence-electron chi connectivity index (χ2n) is 5.62. The second-order valence-corrected chi connectivity index (χ2v) is 6.49. The van der Waals surface area contributed by atoms with Gasteiger partial charge < -0.3 is 14.7 Å². The largest absolute Gasteiger partial charge is 0.356 e. The average molecular weight is 328 g/mol. The van der Waals surface area contributed by atoms with Crippen LogP contribution in [0.1, 0.15) is 12.1 Å². The molecule has 1 atom stereocenters. The van der Waals surface area contributed by atoms with Crippen LogP contribution in [-0.4, -0.2) is 35.2 Å². The number of rotatable bonds is 4. The first-order chi connectivity index (χ1) is 11.3. The van der Waals surface area contributed by atoms with Crippen molar-refractivity contribution in [1.29, 1.82) is 0 Å². The topological polar surface area (TPSA) is 71.3 Å². The van der Waals surface area contributed by atoms with Crippen LogP contribution in [0, 0.1) is 0 Å². The zero-order valence-corrected chi connectivity index (χ0v) is 13.3. The van der Waals surface area contributed by atoms with Crippen LogP contribution in [0.4, 0.5) is 5.13 Å². The molecule has 1 fully saturated rings. The Labute approximate surface area is 137 Å². The van der Waals surface area contributed by atoms with Crippen LogP contribution in [0.15, 0.2) is 40.4 Å². The van der Waals surface area contributed by atoms with E-state index in [1.165, 1.54) is 0 Å².